The lowest BCUT2D eigenvalue weighted by atomic mass is 10.3. The van der Waals surface area contributed by atoms with Crippen LogP contribution in [0.25, 0.3) is 0 Å². The molecule has 14 heavy (non-hydrogen) atoms. The molecule has 0 amide bonds. The largest absolute Gasteiger partial charge is 0.397 e. The number of nitrogens with zero attached hydrogens (tertiary/aromatic N) is 1. The highest BCUT2D eigenvalue weighted by Crippen LogP contribution is 2.32. The first-order valence-corrected chi connectivity index (χ1v) is 6.04. The summed E-state index contributed by atoms with van der Waals surface area (Å²) < 4.78 is 23.6. The van der Waals surface area contributed by atoms with Crippen LogP contribution in [0, 0.1) is 0 Å². The smallest absolute Gasteiger partial charge is 0.232 e. The Bertz CT molecular complexity index is 424. The zero-order valence-corrected chi connectivity index (χ0v) is 9.43. The molecule has 0 bridgehead atoms. The van der Waals surface area contributed by atoms with Crippen molar-refractivity contribution in [3.63, 3.8) is 0 Å². The van der Waals surface area contributed by atoms with E-state index in [-0.39, 0.29) is 0 Å². The van der Waals surface area contributed by atoms with Crippen LogP contribution in [0.1, 0.15) is 0 Å². The van der Waals surface area contributed by atoms with Crippen molar-refractivity contribution in [2.24, 2.45) is 0 Å². The van der Waals surface area contributed by atoms with E-state index in [1.54, 1.807) is 18.2 Å². The maximum absolute atomic E-state index is 11.2. The number of nitrogen functional groups attached to an aromatic ring is 1. The van der Waals surface area contributed by atoms with E-state index in [0.717, 1.165) is 10.6 Å². The minimum absolute atomic E-state index is 0.316. The molecule has 0 saturated carbocycles. The number of hydrogen-bond donors (Lipinski definition) is 1. The van der Waals surface area contributed by atoms with Gasteiger partial charge in [0.25, 0.3) is 0 Å². The van der Waals surface area contributed by atoms with Gasteiger partial charge in [0.1, 0.15) is 0 Å². The molecule has 0 unspecified atom stereocenters. The fourth-order valence-electron chi connectivity index (χ4n) is 1.03. The van der Waals surface area contributed by atoms with Crippen LogP contribution in [0.4, 0.5) is 11.4 Å². The predicted molar refractivity (Wildman–Crippen MR) is 59.1 cm³/mol. The number of rotatable bonds is 2. The molecule has 1 rings (SSSR count). The number of para-hydroxylation sites is 1. The molecule has 0 aliphatic rings. The maximum atomic E-state index is 11.2. The molecular weight excluding hydrogens is 224 g/mol. The molecule has 78 valence electrons. The number of benzene rings is 1. The summed E-state index contributed by atoms with van der Waals surface area (Å²) in [5, 5.41) is 0.318. The van der Waals surface area contributed by atoms with Gasteiger partial charge in [-0.1, -0.05) is 17.7 Å². The Morgan fingerprint density at radius 2 is 2.00 bits per heavy atom. The van der Waals surface area contributed by atoms with Crippen LogP contribution in [0.5, 0.6) is 0 Å². The molecule has 0 heterocycles. The first-order chi connectivity index (χ1) is 6.34. The summed E-state index contributed by atoms with van der Waals surface area (Å²) in [7, 11) is -1.92. The lowest BCUT2D eigenvalue weighted by Crippen LogP contribution is -2.26. The first-order valence-electron chi connectivity index (χ1n) is 3.82. The fraction of sp³-hybridized carbons (Fsp3) is 0.250. The van der Waals surface area contributed by atoms with Crippen molar-refractivity contribution in [2.45, 2.75) is 0 Å². The zero-order chi connectivity index (χ0) is 10.9. The van der Waals surface area contributed by atoms with Gasteiger partial charge in [-0.15, -0.1) is 0 Å². The van der Waals surface area contributed by atoms with E-state index in [9.17, 15) is 8.42 Å². The third kappa shape index (κ3) is 2.10. The Balaban J connectivity index is 3.33. The Morgan fingerprint density at radius 3 is 2.43 bits per heavy atom. The van der Waals surface area contributed by atoms with E-state index in [1.165, 1.54) is 7.05 Å². The topological polar surface area (TPSA) is 63.4 Å². The minimum Gasteiger partial charge on any atom is -0.397 e. The SMILES string of the molecule is CN(c1c(N)cccc1Cl)S(C)(=O)=O. The van der Waals surface area contributed by atoms with Crippen LogP contribution >= 0.6 is 11.6 Å². The second-order valence-corrected chi connectivity index (χ2v) is 5.33. The van der Waals surface area contributed by atoms with E-state index in [1.807, 2.05) is 0 Å². The van der Waals surface area contributed by atoms with Gasteiger partial charge in [0.05, 0.1) is 22.7 Å². The number of halogens is 1. The van der Waals surface area contributed by atoms with Crippen LogP contribution in [-0.2, 0) is 10.0 Å². The standard InChI is InChI=1S/C8H11ClN2O2S/c1-11(14(2,12)13)8-6(9)4-3-5-7(8)10/h3-5H,10H2,1-2H3. The number of anilines is 2. The van der Waals surface area contributed by atoms with Gasteiger partial charge in [0.15, 0.2) is 0 Å². The predicted octanol–water partition coefficient (Wildman–Crippen LogP) is 1.32. The second kappa shape index (κ2) is 3.67. The Hall–Kier alpha value is -0.940. The van der Waals surface area contributed by atoms with Crippen LogP contribution in [-0.4, -0.2) is 21.7 Å². The highest BCUT2D eigenvalue weighted by atomic mass is 35.5. The Kier molecular flexibility index (Phi) is 2.92. The molecule has 0 aliphatic carbocycles. The van der Waals surface area contributed by atoms with E-state index in [4.69, 9.17) is 17.3 Å². The van der Waals surface area contributed by atoms with E-state index in [0.29, 0.717) is 16.4 Å². The molecule has 0 spiro atoms. The molecule has 0 radical (unpaired) electrons. The van der Waals surface area contributed by atoms with Crippen LogP contribution in [0.3, 0.4) is 0 Å². The summed E-state index contributed by atoms with van der Waals surface area (Å²) in [5.74, 6) is 0. The highest BCUT2D eigenvalue weighted by Gasteiger charge is 2.17. The van der Waals surface area contributed by atoms with Crippen molar-refractivity contribution in [3.05, 3.63) is 23.2 Å². The number of sulfonamides is 1. The van der Waals surface area contributed by atoms with Gasteiger partial charge in [0, 0.05) is 7.05 Å². The monoisotopic (exact) mass is 234 g/mol. The lowest BCUT2D eigenvalue weighted by molar-refractivity contribution is 0.600. The van der Waals surface area contributed by atoms with Crippen LogP contribution < -0.4 is 10.0 Å². The molecule has 0 aromatic heterocycles. The molecule has 0 fully saturated rings. The number of hydrogen-bond acceptors (Lipinski definition) is 3. The minimum atomic E-state index is -3.33. The van der Waals surface area contributed by atoms with Gasteiger partial charge in [-0.05, 0) is 12.1 Å². The summed E-state index contributed by atoms with van der Waals surface area (Å²) in [6.45, 7) is 0. The third-order valence-corrected chi connectivity index (χ3v) is 3.31. The first kappa shape index (κ1) is 11.1. The molecule has 0 saturated heterocycles. The van der Waals surface area contributed by atoms with E-state index in [2.05, 4.69) is 0 Å². The Labute approximate surface area is 88.3 Å². The van der Waals surface area contributed by atoms with Crippen molar-refractivity contribution in [1.29, 1.82) is 0 Å². The van der Waals surface area contributed by atoms with Gasteiger partial charge >= 0.3 is 0 Å². The average molecular weight is 235 g/mol. The van der Waals surface area contributed by atoms with Crippen molar-refractivity contribution in [1.82, 2.24) is 0 Å². The summed E-state index contributed by atoms with van der Waals surface area (Å²) in [4.78, 5) is 0. The van der Waals surface area contributed by atoms with Gasteiger partial charge in [-0.2, -0.15) is 0 Å². The second-order valence-electron chi connectivity index (χ2n) is 2.91. The summed E-state index contributed by atoms with van der Waals surface area (Å²) >= 11 is 5.84. The van der Waals surface area contributed by atoms with Crippen molar-refractivity contribution < 1.29 is 8.42 Å². The van der Waals surface area contributed by atoms with Crippen molar-refractivity contribution >= 4 is 33.0 Å². The summed E-state index contributed by atoms with van der Waals surface area (Å²) in [6, 6.07) is 4.86. The van der Waals surface area contributed by atoms with Gasteiger partial charge in [-0.25, -0.2) is 8.42 Å². The molecular formula is C8H11ClN2O2S. The van der Waals surface area contributed by atoms with Crippen molar-refractivity contribution in [2.75, 3.05) is 23.3 Å². The van der Waals surface area contributed by atoms with Gasteiger partial charge in [-0.3, -0.25) is 4.31 Å². The molecule has 0 atom stereocenters. The van der Waals surface area contributed by atoms with E-state index < -0.39 is 10.0 Å². The average Bonchev–Trinajstić information content (AvgIpc) is 2.01. The molecule has 4 nitrogen and oxygen atoms in total. The number of nitrogens with two attached hydrogens (primary N) is 1. The van der Waals surface area contributed by atoms with Crippen molar-refractivity contribution in [3.8, 4) is 0 Å². The Morgan fingerprint density at radius 1 is 1.43 bits per heavy atom. The summed E-state index contributed by atoms with van der Waals surface area (Å²) in [6.07, 6.45) is 1.09. The molecule has 2 N–H and O–H groups in total. The maximum Gasteiger partial charge on any atom is 0.232 e. The lowest BCUT2D eigenvalue weighted by Gasteiger charge is -2.19. The molecule has 0 aliphatic heterocycles. The summed E-state index contributed by atoms with van der Waals surface area (Å²) in [5.41, 5.74) is 6.28. The fourth-order valence-corrected chi connectivity index (χ4v) is 1.92. The quantitative estimate of drug-likeness (QED) is 0.785. The zero-order valence-electron chi connectivity index (χ0n) is 7.86. The van der Waals surface area contributed by atoms with Gasteiger partial charge < -0.3 is 5.73 Å². The highest BCUT2D eigenvalue weighted by molar-refractivity contribution is 7.92. The molecule has 1 aromatic carbocycles. The van der Waals surface area contributed by atoms with Gasteiger partial charge in [0.2, 0.25) is 10.0 Å². The van der Waals surface area contributed by atoms with Crippen LogP contribution in [0.15, 0.2) is 18.2 Å². The molecule has 6 heteroatoms. The van der Waals surface area contributed by atoms with E-state index >= 15 is 0 Å². The van der Waals surface area contributed by atoms with Crippen LogP contribution in [0.2, 0.25) is 5.02 Å². The molecule has 1 aromatic rings. The normalized spacial score (nSPS) is 11.4. The third-order valence-electron chi connectivity index (χ3n) is 1.83.